The fraction of sp³-hybridized carbons (Fsp3) is 0.241. The second-order valence-corrected chi connectivity index (χ2v) is 26.4. The molecule has 0 aliphatic heterocycles. The number of benzene rings is 6. The molecule has 20 nitrogen and oxygen atoms in total. The summed E-state index contributed by atoms with van der Waals surface area (Å²) in [6, 6.07) is 26.5. The second-order valence-electron chi connectivity index (χ2n) is 17.1. The summed E-state index contributed by atoms with van der Waals surface area (Å²) in [6.07, 6.45) is -0.209. The molecule has 0 unspecified atom stereocenters. The molecule has 0 atom stereocenters. The predicted molar refractivity (Wildman–Crippen MR) is 378 cm³/mol. The van der Waals surface area contributed by atoms with E-state index in [-0.39, 0.29) is 74.0 Å². The number of carbonyl (C=O) groups excluding carboxylic acids is 8. The molecule has 0 aliphatic rings. The van der Waals surface area contributed by atoms with Gasteiger partial charge in [-0.1, -0.05) is 24.3 Å². The van der Waals surface area contributed by atoms with Crippen molar-refractivity contribution in [1.82, 2.24) is 0 Å². The molecule has 6 aromatic carbocycles. The van der Waals surface area contributed by atoms with Gasteiger partial charge in [-0.25, -0.2) is 28.8 Å². The van der Waals surface area contributed by atoms with Gasteiger partial charge in [0.05, 0.1) is 105 Å². The molecule has 0 saturated heterocycles. The minimum Gasteiger partial charge on any atom is -0.495 e. The van der Waals surface area contributed by atoms with E-state index in [1.165, 1.54) is 13.8 Å². The fourth-order valence-corrected chi connectivity index (χ4v) is 15.3. The van der Waals surface area contributed by atoms with E-state index >= 15 is 0 Å². The Balaban J connectivity index is 0.000000314. The van der Waals surface area contributed by atoms with E-state index in [4.69, 9.17) is 56.8 Å². The molecule has 0 fully saturated rings. The Morgan fingerprint density at radius 3 is 0.919 bits per heavy atom. The maximum absolute atomic E-state index is 12.6. The quantitative estimate of drug-likeness (QED) is 0.0136. The van der Waals surface area contributed by atoms with Crippen molar-refractivity contribution >= 4 is 229 Å². The molecule has 86 heavy (non-hydrogen) atoms. The molecule has 456 valence electrons. The van der Waals surface area contributed by atoms with Gasteiger partial charge in [0.15, 0.2) is 11.5 Å². The summed E-state index contributed by atoms with van der Waals surface area (Å²) in [5.74, 6) is -0.193. The first kappa shape index (κ1) is 72.9. The Morgan fingerprint density at radius 2 is 0.616 bits per heavy atom. The van der Waals surface area contributed by atoms with E-state index in [2.05, 4.69) is 90.4 Å². The van der Waals surface area contributed by atoms with Gasteiger partial charge in [-0.05, 0) is 265 Å². The largest absolute Gasteiger partial charge is 0.519 e. The zero-order chi connectivity index (χ0) is 63.0. The van der Waals surface area contributed by atoms with Crippen LogP contribution < -0.4 is 28.4 Å². The minimum atomic E-state index is -0.938. The molecule has 6 rings (SSSR count). The first-order chi connectivity index (χ1) is 41.0. The van der Waals surface area contributed by atoms with Crippen LogP contribution in [0.1, 0.15) is 79.2 Å². The van der Waals surface area contributed by atoms with Gasteiger partial charge in [0.25, 0.3) is 0 Å². The smallest absolute Gasteiger partial charge is 0.495 e. The number of rotatable bonds is 24. The highest BCUT2D eigenvalue weighted by Gasteiger charge is 2.22. The van der Waals surface area contributed by atoms with E-state index in [1.54, 1.807) is 111 Å². The zero-order valence-electron chi connectivity index (χ0n) is 45.5. The van der Waals surface area contributed by atoms with Crippen molar-refractivity contribution in [2.45, 2.75) is 39.5 Å². The lowest BCUT2D eigenvalue weighted by Crippen LogP contribution is -2.16. The van der Waals surface area contributed by atoms with Crippen LogP contribution in [0.25, 0.3) is 0 Å². The first-order valence-corrected chi connectivity index (χ1v) is 33.6. The van der Waals surface area contributed by atoms with E-state index in [9.17, 15) is 38.4 Å². The van der Waals surface area contributed by atoms with Crippen LogP contribution in [0.4, 0.5) is 9.59 Å². The third-order valence-electron chi connectivity index (χ3n) is 10.8. The summed E-state index contributed by atoms with van der Waals surface area (Å²) in [4.78, 5) is 96.5. The highest BCUT2D eigenvalue weighted by molar-refractivity contribution is 14.1. The van der Waals surface area contributed by atoms with E-state index in [0.717, 1.165) is 25.4 Å². The summed E-state index contributed by atoms with van der Waals surface area (Å²) in [6.45, 7) is 3.26. The van der Waals surface area contributed by atoms with Crippen LogP contribution in [0.2, 0.25) is 0 Å². The van der Waals surface area contributed by atoms with Gasteiger partial charge in [-0.3, -0.25) is 9.59 Å². The van der Waals surface area contributed by atoms with Crippen molar-refractivity contribution in [2.24, 2.45) is 0 Å². The Labute approximate surface area is 603 Å². The number of carbonyl (C=O) groups is 8. The van der Waals surface area contributed by atoms with Crippen molar-refractivity contribution < 1.29 is 95.2 Å². The topological polar surface area (TPSA) is 247 Å². The lowest BCUT2D eigenvalue weighted by molar-refractivity contribution is -0.140. The fourth-order valence-electron chi connectivity index (χ4n) is 6.90. The van der Waals surface area contributed by atoms with Gasteiger partial charge < -0.3 is 56.8 Å². The number of ether oxygens (including phenoxy) is 12. The van der Waals surface area contributed by atoms with E-state index in [1.807, 2.05) is 90.4 Å². The molecule has 0 aromatic heterocycles. The molecule has 28 heteroatoms. The van der Waals surface area contributed by atoms with Gasteiger partial charge in [0, 0.05) is 39.5 Å². The van der Waals surface area contributed by atoms with Crippen LogP contribution in [-0.4, -0.2) is 102 Å². The molecular formula is C58H48I8O20. The molecule has 0 saturated carbocycles. The predicted octanol–water partition coefficient (Wildman–Crippen LogP) is 14.4. The van der Waals surface area contributed by atoms with Gasteiger partial charge >= 0.3 is 48.1 Å². The number of methoxy groups -OCH3 is 2. The van der Waals surface area contributed by atoms with Gasteiger partial charge in [-0.15, -0.1) is 0 Å². The monoisotopic (exact) mass is 2080 g/mol. The van der Waals surface area contributed by atoms with Crippen molar-refractivity contribution in [3.63, 3.8) is 0 Å². The molecule has 0 aliphatic carbocycles. The van der Waals surface area contributed by atoms with Crippen molar-refractivity contribution in [2.75, 3.05) is 53.9 Å². The Bertz CT molecular complexity index is 3340. The first-order valence-electron chi connectivity index (χ1n) is 24.9. The molecular weight excluding hydrogens is 2030 g/mol. The zero-order valence-corrected chi connectivity index (χ0v) is 62.8. The summed E-state index contributed by atoms with van der Waals surface area (Å²) in [5, 5.41) is 0. The number of esters is 6. The molecule has 6 aromatic rings. The average Bonchev–Trinajstić information content (AvgIpc) is 3.54. The molecule has 0 spiro atoms. The third-order valence-corrected chi connectivity index (χ3v) is 17.3. The molecule has 0 radical (unpaired) electrons. The van der Waals surface area contributed by atoms with Crippen LogP contribution in [0.3, 0.4) is 0 Å². The number of halogens is 8. The standard InChI is InChI=1S/2C29H24I4O10/c1-16(34)39-11-8-17-4-6-20(7-5-17)42-29(37)43-26-23(32)14-19(15-24(26)33)28(36)41-10-3-9-40-27(35)18-12-21(30)25(38-2)22(31)13-18;1-16(34)42-20-6-4-17(5-7-20)8-11-41-29(37)43-26-23(32)14-19(15-24(26)33)28(36)40-10-3-9-39-27(35)18-12-21(30)25(38-2)22(31)13-18/h2*4-7,12-15H,3,8-11H2,1-2H3. The molecule has 0 N–H and O–H groups in total. The summed E-state index contributed by atoms with van der Waals surface area (Å²) in [5.41, 5.74) is 3.18. The van der Waals surface area contributed by atoms with Crippen LogP contribution in [-0.2, 0) is 50.9 Å². The lowest BCUT2D eigenvalue weighted by Gasteiger charge is -2.12. The molecule has 0 bridgehead atoms. The number of hydrogen-bond donors (Lipinski definition) is 0. The SMILES string of the molecule is COc1c(I)cc(C(=O)OCCCOC(=O)c2cc(I)c(OC(=O)OCCc3ccc(OC(C)=O)cc3)c(I)c2)cc1I.COc1c(I)cc(C(=O)OCCCOC(=O)c2cc(I)c(OC(=O)Oc3ccc(CCOC(C)=O)cc3)c(I)c2)cc1I. The Kier molecular flexibility index (Phi) is 31.6. The maximum atomic E-state index is 12.6. The van der Waals surface area contributed by atoms with Crippen molar-refractivity contribution in [3.8, 4) is 34.5 Å². The minimum absolute atomic E-state index is 0.0457. The van der Waals surface area contributed by atoms with Crippen molar-refractivity contribution in [1.29, 1.82) is 0 Å². The van der Waals surface area contributed by atoms with Gasteiger partial charge in [0.2, 0.25) is 0 Å². The number of hydrogen-bond acceptors (Lipinski definition) is 20. The summed E-state index contributed by atoms with van der Waals surface area (Å²) in [7, 11) is 3.14. The highest BCUT2D eigenvalue weighted by atomic mass is 127. The molecule has 0 amide bonds. The van der Waals surface area contributed by atoms with Crippen LogP contribution in [0, 0.1) is 28.6 Å². The Morgan fingerprint density at radius 1 is 0.326 bits per heavy atom. The normalized spacial score (nSPS) is 10.5. The van der Waals surface area contributed by atoms with Gasteiger partial charge in [0.1, 0.15) is 23.0 Å². The summed E-state index contributed by atoms with van der Waals surface area (Å²) < 4.78 is 68.2. The van der Waals surface area contributed by atoms with E-state index in [0.29, 0.717) is 68.3 Å². The second kappa shape index (κ2) is 37.3. The average molecular weight is 2080 g/mol. The van der Waals surface area contributed by atoms with E-state index < -0.39 is 42.2 Å². The highest BCUT2D eigenvalue weighted by Crippen LogP contribution is 2.33. The lowest BCUT2D eigenvalue weighted by atomic mass is 10.1. The molecule has 0 heterocycles. The van der Waals surface area contributed by atoms with Crippen LogP contribution in [0.15, 0.2) is 97.1 Å². The van der Waals surface area contributed by atoms with Crippen molar-refractivity contribution in [3.05, 3.63) is 159 Å². The summed E-state index contributed by atoms with van der Waals surface area (Å²) >= 11 is 16.2. The van der Waals surface area contributed by atoms with Gasteiger partial charge in [-0.2, -0.15) is 0 Å². The van der Waals surface area contributed by atoms with Crippen LogP contribution in [0.5, 0.6) is 34.5 Å². The Hall–Kier alpha value is -3.88. The van der Waals surface area contributed by atoms with Crippen LogP contribution >= 0.6 is 181 Å². The maximum Gasteiger partial charge on any atom is 0.519 e. The third kappa shape index (κ3) is 24.1.